The number of H-pyrrole nitrogens is 1. The molecule has 0 aliphatic carbocycles. The van der Waals surface area contributed by atoms with Crippen molar-refractivity contribution in [2.45, 2.75) is 51.7 Å². The molecule has 0 bridgehead atoms. The minimum absolute atomic E-state index is 0.187. The maximum atomic E-state index is 13.2. The Balaban J connectivity index is 1.43. The van der Waals surface area contributed by atoms with Gasteiger partial charge < -0.3 is 25.3 Å². The second-order valence-corrected chi connectivity index (χ2v) is 10.1. The quantitative estimate of drug-likeness (QED) is 0.484. The largest absolute Gasteiger partial charge is 0.444 e. The summed E-state index contributed by atoms with van der Waals surface area (Å²) in [6.07, 6.45) is 6.07. The van der Waals surface area contributed by atoms with E-state index in [4.69, 9.17) is 4.74 Å². The summed E-state index contributed by atoms with van der Waals surface area (Å²) in [4.78, 5) is 47.7. The SMILES string of the molecule is CC(C)(C)OC(=O)N1CCC(C(=O)N[C@@H](Cc2c[nH]c3ccccc23)C(=O)Nc2ccncc2)CC1. The van der Waals surface area contributed by atoms with Gasteiger partial charge in [-0.15, -0.1) is 0 Å². The first-order valence-corrected chi connectivity index (χ1v) is 12.2. The number of hydrogen-bond acceptors (Lipinski definition) is 5. The van der Waals surface area contributed by atoms with E-state index in [0.717, 1.165) is 16.5 Å². The second-order valence-electron chi connectivity index (χ2n) is 10.1. The van der Waals surface area contributed by atoms with E-state index < -0.39 is 11.6 Å². The van der Waals surface area contributed by atoms with Gasteiger partial charge in [-0.2, -0.15) is 0 Å². The van der Waals surface area contributed by atoms with Gasteiger partial charge in [0.25, 0.3) is 0 Å². The van der Waals surface area contributed by atoms with Crippen LogP contribution in [0.1, 0.15) is 39.2 Å². The van der Waals surface area contributed by atoms with Gasteiger partial charge in [0.2, 0.25) is 11.8 Å². The highest BCUT2D eigenvalue weighted by Crippen LogP contribution is 2.22. The Morgan fingerprint density at radius 1 is 1.11 bits per heavy atom. The van der Waals surface area contributed by atoms with E-state index in [0.29, 0.717) is 38.0 Å². The van der Waals surface area contributed by atoms with E-state index in [9.17, 15) is 14.4 Å². The van der Waals surface area contributed by atoms with E-state index in [1.54, 1.807) is 29.4 Å². The van der Waals surface area contributed by atoms with Crippen molar-refractivity contribution in [1.29, 1.82) is 0 Å². The molecule has 1 saturated heterocycles. The third kappa shape index (κ3) is 6.41. The number of carbonyl (C=O) groups is 3. The number of para-hydroxylation sites is 1. The first kappa shape index (κ1) is 25.2. The van der Waals surface area contributed by atoms with E-state index in [1.165, 1.54) is 0 Å². The van der Waals surface area contributed by atoms with Crippen LogP contribution in [0.5, 0.6) is 0 Å². The van der Waals surface area contributed by atoms with Gasteiger partial charge in [0.15, 0.2) is 0 Å². The Morgan fingerprint density at radius 3 is 2.50 bits per heavy atom. The van der Waals surface area contributed by atoms with Gasteiger partial charge in [-0.05, 0) is 57.4 Å². The number of ether oxygens (including phenoxy) is 1. The standard InChI is InChI=1S/C27H33N5O4/c1-27(2,3)36-26(35)32-14-10-18(11-15-32)24(33)31-23(25(34)30-20-8-12-28-13-9-20)16-19-17-29-22-7-5-4-6-21(19)22/h4-9,12-13,17-18,23,29H,10-11,14-16H2,1-3H3,(H,31,33)(H,28,30,34)/t23-/m0/s1. The number of carbonyl (C=O) groups excluding carboxylic acids is 3. The molecule has 1 atom stereocenters. The molecule has 36 heavy (non-hydrogen) atoms. The summed E-state index contributed by atoms with van der Waals surface area (Å²) < 4.78 is 5.45. The summed E-state index contributed by atoms with van der Waals surface area (Å²) in [5, 5.41) is 6.87. The lowest BCUT2D eigenvalue weighted by Gasteiger charge is -2.33. The van der Waals surface area contributed by atoms with Crippen LogP contribution in [-0.4, -0.2) is 57.5 Å². The number of nitrogens with zero attached hydrogens (tertiary/aromatic N) is 2. The fraction of sp³-hybridized carbons (Fsp3) is 0.407. The van der Waals surface area contributed by atoms with Crippen LogP contribution in [0.25, 0.3) is 10.9 Å². The predicted molar refractivity (Wildman–Crippen MR) is 137 cm³/mol. The molecule has 1 aliphatic heterocycles. The van der Waals surface area contributed by atoms with Crippen molar-refractivity contribution in [3.05, 3.63) is 60.6 Å². The molecule has 1 aromatic carbocycles. The topological polar surface area (TPSA) is 116 Å². The normalized spacial score (nSPS) is 15.4. The van der Waals surface area contributed by atoms with Crippen molar-refractivity contribution in [1.82, 2.24) is 20.2 Å². The molecule has 0 unspecified atom stereocenters. The Kier molecular flexibility index (Phi) is 7.57. The highest BCUT2D eigenvalue weighted by atomic mass is 16.6. The molecule has 3 N–H and O–H groups in total. The van der Waals surface area contributed by atoms with Crippen molar-refractivity contribution in [3.8, 4) is 0 Å². The number of pyridine rings is 1. The number of aromatic amines is 1. The maximum absolute atomic E-state index is 13.2. The smallest absolute Gasteiger partial charge is 0.410 e. The van der Waals surface area contributed by atoms with Crippen molar-refractivity contribution in [2.75, 3.05) is 18.4 Å². The average molecular weight is 492 g/mol. The van der Waals surface area contributed by atoms with E-state index in [2.05, 4.69) is 20.6 Å². The zero-order valence-electron chi connectivity index (χ0n) is 20.9. The van der Waals surface area contributed by atoms with Crippen molar-refractivity contribution < 1.29 is 19.1 Å². The van der Waals surface area contributed by atoms with E-state index in [-0.39, 0.29) is 23.8 Å². The van der Waals surface area contributed by atoms with Crippen molar-refractivity contribution in [3.63, 3.8) is 0 Å². The van der Waals surface area contributed by atoms with Crippen LogP contribution in [-0.2, 0) is 20.7 Å². The first-order valence-electron chi connectivity index (χ1n) is 12.2. The van der Waals surface area contributed by atoms with Gasteiger partial charge in [-0.1, -0.05) is 18.2 Å². The minimum Gasteiger partial charge on any atom is -0.444 e. The van der Waals surface area contributed by atoms with Gasteiger partial charge in [0.05, 0.1) is 0 Å². The lowest BCUT2D eigenvalue weighted by atomic mass is 9.95. The third-order valence-corrected chi connectivity index (χ3v) is 6.20. The van der Waals surface area contributed by atoms with E-state index >= 15 is 0 Å². The number of hydrogen-bond donors (Lipinski definition) is 3. The highest BCUT2D eigenvalue weighted by Gasteiger charge is 2.32. The fourth-order valence-corrected chi connectivity index (χ4v) is 4.33. The monoisotopic (exact) mass is 491 g/mol. The number of benzene rings is 1. The molecule has 1 aliphatic rings. The summed E-state index contributed by atoms with van der Waals surface area (Å²) in [5.74, 6) is -0.775. The number of nitrogens with one attached hydrogen (secondary N) is 3. The molecule has 0 radical (unpaired) electrons. The van der Waals surface area contributed by atoms with Crippen LogP contribution < -0.4 is 10.6 Å². The zero-order valence-corrected chi connectivity index (χ0v) is 20.9. The van der Waals surface area contributed by atoms with Crippen LogP contribution >= 0.6 is 0 Å². The number of piperidine rings is 1. The number of amides is 3. The second kappa shape index (κ2) is 10.8. The number of aromatic nitrogens is 2. The molecule has 3 aromatic rings. The lowest BCUT2D eigenvalue weighted by Crippen LogP contribution is -2.50. The summed E-state index contributed by atoms with van der Waals surface area (Å²) in [6, 6.07) is 10.5. The zero-order chi connectivity index (χ0) is 25.7. The van der Waals surface area contributed by atoms with Gasteiger partial charge in [0.1, 0.15) is 11.6 Å². The van der Waals surface area contributed by atoms with Crippen molar-refractivity contribution in [2.24, 2.45) is 5.92 Å². The molecular weight excluding hydrogens is 458 g/mol. The number of likely N-dealkylation sites (tertiary alicyclic amines) is 1. The molecule has 0 spiro atoms. The van der Waals surface area contributed by atoms with Gasteiger partial charge in [-0.3, -0.25) is 14.6 Å². The van der Waals surface area contributed by atoms with Crippen molar-refractivity contribution >= 4 is 34.5 Å². The van der Waals surface area contributed by atoms with Crippen LogP contribution in [0.3, 0.4) is 0 Å². The van der Waals surface area contributed by atoms with Crippen LogP contribution in [0.2, 0.25) is 0 Å². The average Bonchev–Trinajstić information content (AvgIpc) is 3.26. The molecule has 190 valence electrons. The molecule has 4 rings (SSSR count). The molecule has 0 saturated carbocycles. The third-order valence-electron chi connectivity index (χ3n) is 6.20. The Morgan fingerprint density at radius 2 is 1.81 bits per heavy atom. The summed E-state index contributed by atoms with van der Waals surface area (Å²) in [7, 11) is 0. The van der Waals surface area contributed by atoms with Gasteiger partial charge >= 0.3 is 6.09 Å². The predicted octanol–water partition coefficient (Wildman–Crippen LogP) is 3.88. The van der Waals surface area contributed by atoms with Crippen LogP contribution in [0.15, 0.2) is 55.0 Å². The summed E-state index contributed by atoms with van der Waals surface area (Å²) in [6.45, 7) is 6.36. The highest BCUT2D eigenvalue weighted by molar-refractivity contribution is 5.98. The summed E-state index contributed by atoms with van der Waals surface area (Å²) >= 11 is 0. The van der Waals surface area contributed by atoms with Crippen LogP contribution in [0.4, 0.5) is 10.5 Å². The molecule has 1 fully saturated rings. The number of rotatable bonds is 6. The van der Waals surface area contributed by atoms with Crippen LogP contribution in [0, 0.1) is 5.92 Å². The molecule has 3 amide bonds. The fourth-order valence-electron chi connectivity index (χ4n) is 4.33. The molecule has 2 aromatic heterocycles. The molecule has 3 heterocycles. The molecular formula is C27H33N5O4. The minimum atomic E-state index is -0.770. The van der Waals surface area contributed by atoms with Gasteiger partial charge in [0, 0.05) is 60.6 Å². The molecule has 9 heteroatoms. The number of fused-ring (bicyclic) bond motifs is 1. The van der Waals surface area contributed by atoms with E-state index in [1.807, 2.05) is 51.2 Å². The summed E-state index contributed by atoms with van der Waals surface area (Å²) in [5.41, 5.74) is 1.96. The number of anilines is 1. The Hall–Kier alpha value is -3.88. The lowest BCUT2D eigenvalue weighted by molar-refractivity contribution is -0.130. The van der Waals surface area contributed by atoms with Gasteiger partial charge in [-0.25, -0.2) is 4.79 Å². The first-order chi connectivity index (χ1) is 17.2. The Labute approximate surface area is 210 Å². The maximum Gasteiger partial charge on any atom is 0.410 e. The Bertz CT molecular complexity index is 1210. The molecule has 9 nitrogen and oxygen atoms in total.